The molecular formula is C66H52N4. The molecule has 4 nitrogen and oxygen atoms in total. The van der Waals surface area contributed by atoms with Gasteiger partial charge in [-0.05, 0) is 85.6 Å². The van der Waals surface area contributed by atoms with Gasteiger partial charge in [0.25, 0.3) is 0 Å². The summed E-state index contributed by atoms with van der Waals surface area (Å²) in [5, 5.41) is 7.39. The van der Waals surface area contributed by atoms with E-state index < -0.39 is 0 Å². The van der Waals surface area contributed by atoms with Crippen LogP contribution in [-0.2, 0) is 12.1 Å². The molecule has 4 heteroatoms. The highest BCUT2D eigenvalue weighted by Crippen LogP contribution is 2.51. The zero-order chi connectivity index (χ0) is 46.9. The van der Waals surface area contributed by atoms with E-state index in [0.717, 1.165) is 11.4 Å². The van der Waals surface area contributed by atoms with Crippen molar-refractivity contribution in [3.8, 4) is 33.4 Å². The molecule has 0 saturated heterocycles. The molecule has 336 valence electrons. The highest BCUT2D eigenvalue weighted by molar-refractivity contribution is 6.22. The van der Waals surface area contributed by atoms with Gasteiger partial charge in [0, 0.05) is 38.8 Å². The first-order chi connectivity index (χ1) is 34.4. The lowest BCUT2D eigenvalue weighted by molar-refractivity contribution is 0.590. The van der Waals surface area contributed by atoms with Gasteiger partial charge in [-0.2, -0.15) is 0 Å². The van der Waals surface area contributed by atoms with Crippen LogP contribution in [0.25, 0.3) is 76.7 Å². The summed E-state index contributed by atoms with van der Waals surface area (Å²) < 4.78 is 2.61. The molecule has 13 rings (SSSR count). The van der Waals surface area contributed by atoms with Gasteiger partial charge in [-0.1, -0.05) is 221 Å². The number of fused-ring (bicyclic) bond motifs is 8. The van der Waals surface area contributed by atoms with Crippen LogP contribution in [0.5, 0.6) is 0 Å². The maximum atomic E-state index is 2.61. The highest BCUT2D eigenvalue weighted by atomic mass is 15.4. The summed E-state index contributed by atoms with van der Waals surface area (Å²) in [5.41, 5.74) is 18.1. The van der Waals surface area contributed by atoms with E-state index in [4.69, 9.17) is 0 Å². The Morgan fingerprint density at radius 1 is 0.314 bits per heavy atom. The van der Waals surface area contributed by atoms with Crippen LogP contribution in [0.4, 0.5) is 34.1 Å². The first-order valence-corrected chi connectivity index (χ1v) is 24.5. The van der Waals surface area contributed by atoms with Crippen LogP contribution in [0.1, 0.15) is 26.3 Å². The Bertz CT molecular complexity index is 3820. The average molecular weight is 901 g/mol. The molecule has 70 heavy (non-hydrogen) atoms. The predicted octanol–water partition coefficient (Wildman–Crippen LogP) is 17.9. The maximum Gasteiger partial charge on any atom is 0.100 e. The summed E-state index contributed by atoms with van der Waals surface area (Å²) in [6.07, 6.45) is 0. The molecule has 0 saturated carbocycles. The number of nitrogens with zero attached hydrogens (tertiary/aromatic N) is 4. The summed E-state index contributed by atoms with van der Waals surface area (Å²) in [6.45, 7) is 8.15. The Balaban J connectivity index is 1.00. The van der Waals surface area contributed by atoms with Crippen molar-refractivity contribution in [2.24, 2.45) is 0 Å². The summed E-state index contributed by atoms with van der Waals surface area (Å²) in [5.74, 6) is 0. The Labute approximate surface area is 409 Å². The second kappa shape index (κ2) is 16.6. The fourth-order valence-electron chi connectivity index (χ4n) is 11.3. The first kappa shape index (κ1) is 41.6. The van der Waals surface area contributed by atoms with Crippen LogP contribution in [0.2, 0.25) is 0 Å². The van der Waals surface area contributed by atoms with Gasteiger partial charge >= 0.3 is 0 Å². The van der Waals surface area contributed by atoms with Crippen molar-refractivity contribution < 1.29 is 0 Å². The van der Waals surface area contributed by atoms with Crippen LogP contribution >= 0.6 is 0 Å². The minimum absolute atomic E-state index is 0.0533. The molecule has 0 atom stereocenters. The molecule has 2 aliphatic rings. The number of benzene rings is 10. The van der Waals surface area contributed by atoms with Gasteiger partial charge in [0.05, 0.1) is 33.8 Å². The van der Waals surface area contributed by atoms with Gasteiger partial charge in [-0.15, -0.1) is 0 Å². The molecule has 0 amide bonds. The number of rotatable bonds is 6. The van der Waals surface area contributed by atoms with Gasteiger partial charge in [-0.25, -0.2) is 0 Å². The molecule has 0 bridgehead atoms. The van der Waals surface area contributed by atoms with Crippen molar-refractivity contribution in [2.75, 3.05) is 21.4 Å². The largest absolute Gasteiger partial charge is 0.321 e. The molecule has 0 unspecified atom stereocenters. The minimum Gasteiger partial charge on any atom is -0.321 e. The molecule has 3 heterocycles. The second-order valence-electron chi connectivity index (χ2n) is 19.7. The third-order valence-electron chi connectivity index (χ3n) is 14.6. The monoisotopic (exact) mass is 900 g/mol. The van der Waals surface area contributed by atoms with E-state index in [1.165, 1.54) is 105 Å². The standard InChI is InChI=1S/C66H52N4/c1-66(2,3)48-40-38-47(39-41-48)53-32-18-33-58-56-28-12-10-26-54(56)55-27-11-13-29-57(55)59-34-19-37-62-65(59)70(64(53)58)44-68(62)50-25-16-24-49(42-50)67-43-69(61-36-15-14-35-60(61)67)63-51(45-20-6-4-7-21-45)30-17-31-52(63)46-22-8-5-9-23-46/h4-42H,43-44H2,1-3H3. The zero-order valence-electron chi connectivity index (χ0n) is 39.7. The fraction of sp³-hybridized carbons (Fsp3) is 0.0909. The zero-order valence-corrected chi connectivity index (χ0v) is 39.7. The highest BCUT2D eigenvalue weighted by Gasteiger charge is 2.32. The molecule has 0 radical (unpaired) electrons. The van der Waals surface area contributed by atoms with Crippen LogP contribution in [-0.4, -0.2) is 11.2 Å². The normalized spacial score (nSPS) is 13.2. The van der Waals surface area contributed by atoms with Gasteiger partial charge < -0.3 is 19.3 Å². The van der Waals surface area contributed by atoms with E-state index in [0.29, 0.717) is 13.3 Å². The lowest BCUT2D eigenvalue weighted by Gasteiger charge is -2.28. The molecular weight excluding hydrogens is 849 g/mol. The summed E-state index contributed by atoms with van der Waals surface area (Å²) in [7, 11) is 0. The topological polar surface area (TPSA) is 14.7 Å². The van der Waals surface area contributed by atoms with Crippen LogP contribution in [0.3, 0.4) is 0 Å². The number of para-hydroxylation sites is 5. The van der Waals surface area contributed by atoms with Gasteiger partial charge in [0.2, 0.25) is 0 Å². The molecule has 10 aromatic carbocycles. The SMILES string of the molecule is CC(C)(C)c1ccc(-c2cccc3c4ccccc4c4ccccc4c4cccc5c4n(c23)CN5c2cccc(N3CN(c4c(-c5ccccc5)cccc4-c4ccccc4)c4ccccc43)c2)cc1. The smallest absolute Gasteiger partial charge is 0.100 e. The fourth-order valence-corrected chi connectivity index (χ4v) is 11.3. The van der Waals surface area contributed by atoms with Gasteiger partial charge in [0.15, 0.2) is 0 Å². The Hall–Kier alpha value is -8.60. The van der Waals surface area contributed by atoms with E-state index >= 15 is 0 Å². The number of hydrogen-bond acceptors (Lipinski definition) is 3. The molecule has 1 aromatic heterocycles. The van der Waals surface area contributed by atoms with Crippen LogP contribution < -0.4 is 14.7 Å². The van der Waals surface area contributed by atoms with Crippen molar-refractivity contribution in [3.63, 3.8) is 0 Å². The maximum absolute atomic E-state index is 2.61. The van der Waals surface area contributed by atoms with Gasteiger partial charge in [-0.3, -0.25) is 0 Å². The van der Waals surface area contributed by atoms with E-state index in [9.17, 15) is 0 Å². The molecule has 0 fully saturated rings. The Kier molecular flexibility index (Phi) is 9.84. The molecule has 2 aliphatic heterocycles. The van der Waals surface area contributed by atoms with Crippen LogP contribution in [0, 0.1) is 0 Å². The van der Waals surface area contributed by atoms with Crippen molar-refractivity contribution in [1.82, 2.24) is 4.57 Å². The Morgan fingerprint density at radius 3 is 1.31 bits per heavy atom. The lowest BCUT2D eigenvalue weighted by Crippen LogP contribution is -2.25. The summed E-state index contributed by atoms with van der Waals surface area (Å²) in [4.78, 5) is 7.53. The van der Waals surface area contributed by atoms with Crippen molar-refractivity contribution in [3.05, 3.63) is 242 Å². The number of anilines is 6. The quantitative estimate of drug-likeness (QED) is 0.165. The number of aromatic nitrogens is 1. The molecule has 0 spiro atoms. The number of hydrogen-bond donors (Lipinski definition) is 0. The van der Waals surface area contributed by atoms with E-state index in [2.05, 4.69) is 277 Å². The summed E-state index contributed by atoms with van der Waals surface area (Å²) in [6, 6.07) is 87.5. The predicted molar refractivity (Wildman–Crippen MR) is 298 cm³/mol. The van der Waals surface area contributed by atoms with Crippen molar-refractivity contribution >= 4 is 77.5 Å². The van der Waals surface area contributed by atoms with Crippen LogP contribution in [0.15, 0.2) is 237 Å². The minimum atomic E-state index is 0.0533. The third kappa shape index (κ3) is 6.82. The summed E-state index contributed by atoms with van der Waals surface area (Å²) >= 11 is 0. The van der Waals surface area contributed by atoms with E-state index in [-0.39, 0.29) is 5.41 Å². The Morgan fingerprint density at radius 2 is 0.729 bits per heavy atom. The second-order valence-corrected chi connectivity index (χ2v) is 19.7. The average Bonchev–Trinajstić information content (AvgIpc) is 4.01. The molecule has 0 N–H and O–H groups in total. The van der Waals surface area contributed by atoms with Gasteiger partial charge in [0.1, 0.15) is 13.3 Å². The van der Waals surface area contributed by atoms with E-state index in [1.54, 1.807) is 0 Å². The lowest BCUT2D eigenvalue weighted by atomic mass is 9.86. The first-order valence-electron chi connectivity index (χ1n) is 24.5. The van der Waals surface area contributed by atoms with Crippen molar-refractivity contribution in [1.29, 1.82) is 0 Å². The van der Waals surface area contributed by atoms with Crippen molar-refractivity contribution in [2.45, 2.75) is 32.9 Å². The third-order valence-corrected chi connectivity index (χ3v) is 14.6. The molecule has 11 aromatic rings. The molecule has 0 aliphatic carbocycles. The van der Waals surface area contributed by atoms with E-state index in [1.807, 2.05) is 0 Å².